The highest BCUT2D eigenvalue weighted by molar-refractivity contribution is 8.00. The molecule has 4 rings (SSSR count). The zero-order chi connectivity index (χ0) is 28.2. The standard InChI is InChI=1S/C32H36N4O3S/c1-23(37)10-4-2-7-15-29(35-30(38)22-40-25-16-19-33-20-17-25)32(39)34-21-18-27-26-13-8-9-14-28(26)36-31(27)24-11-5-3-6-12-24/h3,5-6,8-9,11-14,16-17,19-20,29,36H,2,4,7,10,15,18,21-22H2,1H3,(H,34,39)(H,35,38)/t29-/m0/s1. The van der Waals surface area contributed by atoms with E-state index in [0.717, 1.165) is 51.9 Å². The monoisotopic (exact) mass is 556 g/mol. The van der Waals surface area contributed by atoms with Gasteiger partial charge in [-0.25, -0.2) is 0 Å². The summed E-state index contributed by atoms with van der Waals surface area (Å²) in [6.45, 7) is 2.04. The lowest BCUT2D eigenvalue weighted by atomic mass is 10.0. The molecule has 0 spiro atoms. The van der Waals surface area contributed by atoms with Crippen molar-refractivity contribution in [2.24, 2.45) is 0 Å². The molecular weight excluding hydrogens is 520 g/mol. The molecule has 40 heavy (non-hydrogen) atoms. The summed E-state index contributed by atoms with van der Waals surface area (Å²) in [6, 6.07) is 21.5. The summed E-state index contributed by atoms with van der Waals surface area (Å²) in [5.41, 5.74) is 4.37. The lowest BCUT2D eigenvalue weighted by Crippen LogP contribution is -2.47. The second-order valence-electron chi connectivity index (χ2n) is 9.82. The molecule has 0 aliphatic carbocycles. The van der Waals surface area contributed by atoms with Crippen LogP contribution in [0.5, 0.6) is 0 Å². The summed E-state index contributed by atoms with van der Waals surface area (Å²) >= 11 is 1.41. The fourth-order valence-electron chi connectivity index (χ4n) is 4.73. The lowest BCUT2D eigenvalue weighted by Gasteiger charge is -2.19. The van der Waals surface area contributed by atoms with E-state index in [0.29, 0.717) is 25.8 Å². The molecule has 1 atom stereocenters. The van der Waals surface area contributed by atoms with Crippen LogP contribution in [0.25, 0.3) is 22.2 Å². The Hall–Kier alpha value is -3.91. The van der Waals surface area contributed by atoms with Crippen molar-refractivity contribution in [2.75, 3.05) is 12.3 Å². The summed E-state index contributed by atoms with van der Waals surface area (Å²) in [5, 5.41) is 7.14. The van der Waals surface area contributed by atoms with Gasteiger partial charge in [0.2, 0.25) is 11.8 Å². The number of H-pyrrole nitrogens is 1. The first-order valence-electron chi connectivity index (χ1n) is 13.8. The van der Waals surface area contributed by atoms with Crippen LogP contribution in [0.2, 0.25) is 0 Å². The molecule has 0 saturated carbocycles. The normalized spacial score (nSPS) is 11.7. The Morgan fingerprint density at radius 2 is 1.68 bits per heavy atom. The van der Waals surface area contributed by atoms with Crippen molar-refractivity contribution in [3.63, 3.8) is 0 Å². The predicted molar refractivity (Wildman–Crippen MR) is 161 cm³/mol. The zero-order valence-corrected chi connectivity index (χ0v) is 23.6. The van der Waals surface area contributed by atoms with Gasteiger partial charge < -0.3 is 20.4 Å². The molecule has 4 aromatic rings. The quantitative estimate of drug-likeness (QED) is 0.129. The number of aromatic nitrogens is 2. The van der Waals surface area contributed by atoms with Crippen LogP contribution in [0.3, 0.4) is 0 Å². The number of ketones is 1. The van der Waals surface area contributed by atoms with E-state index in [2.05, 4.69) is 44.9 Å². The molecule has 208 valence electrons. The molecule has 0 aliphatic rings. The summed E-state index contributed by atoms with van der Waals surface area (Å²) in [5.74, 6) is 0.0139. The molecule has 2 amide bonds. The third-order valence-corrected chi connectivity index (χ3v) is 7.76. The van der Waals surface area contributed by atoms with E-state index < -0.39 is 6.04 Å². The van der Waals surface area contributed by atoms with Crippen LogP contribution in [0, 0.1) is 0 Å². The van der Waals surface area contributed by atoms with Gasteiger partial charge in [-0.15, -0.1) is 11.8 Å². The number of Topliss-reactive ketones (excluding diaryl/α,β-unsaturated/α-hetero) is 1. The van der Waals surface area contributed by atoms with Gasteiger partial charge in [-0.05, 0) is 55.5 Å². The Kier molecular flexibility index (Phi) is 10.9. The maximum absolute atomic E-state index is 13.3. The Balaban J connectivity index is 1.38. The number of nitrogens with one attached hydrogen (secondary N) is 3. The molecule has 2 heterocycles. The van der Waals surface area contributed by atoms with Crippen LogP contribution in [0.4, 0.5) is 0 Å². The smallest absolute Gasteiger partial charge is 0.242 e. The Morgan fingerprint density at radius 3 is 2.45 bits per heavy atom. The van der Waals surface area contributed by atoms with Crippen molar-refractivity contribution in [3.05, 3.63) is 84.7 Å². The fourth-order valence-corrected chi connectivity index (χ4v) is 5.43. The van der Waals surface area contributed by atoms with Crippen LogP contribution in [0.1, 0.15) is 44.6 Å². The molecular formula is C32H36N4O3S. The van der Waals surface area contributed by atoms with E-state index in [1.807, 2.05) is 42.5 Å². The number of carbonyl (C=O) groups excluding carboxylic acids is 3. The van der Waals surface area contributed by atoms with Gasteiger partial charge in [0.1, 0.15) is 11.8 Å². The lowest BCUT2D eigenvalue weighted by molar-refractivity contribution is -0.128. The largest absolute Gasteiger partial charge is 0.354 e. The summed E-state index contributed by atoms with van der Waals surface area (Å²) in [7, 11) is 0. The van der Waals surface area contributed by atoms with E-state index in [-0.39, 0.29) is 23.4 Å². The number of thioether (sulfide) groups is 1. The first-order chi connectivity index (χ1) is 19.5. The summed E-state index contributed by atoms with van der Waals surface area (Å²) in [4.78, 5) is 45.8. The third kappa shape index (κ3) is 8.55. The van der Waals surface area contributed by atoms with Gasteiger partial charge in [0.25, 0.3) is 0 Å². The van der Waals surface area contributed by atoms with Crippen LogP contribution >= 0.6 is 11.8 Å². The van der Waals surface area contributed by atoms with Gasteiger partial charge in [-0.2, -0.15) is 0 Å². The number of para-hydroxylation sites is 1. The number of rotatable bonds is 15. The number of aromatic amines is 1. The van der Waals surface area contributed by atoms with Crippen molar-refractivity contribution in [1.29, 1.82) is 0 Å². The number of nitrogens with zero attached hydrogens (tertiary/aromatic N) is 1. The molecule has 0 saturated heterocycles. The summed E-state index contributed by atoms with van der Waals surface area (Å²) in [6.07, 6.45) is 7.47. The van der Waals surface area contributed by atoms with Crippen LogP contribution in [-0.4, -0.2) is 45.9 Å². The van der Waals surface area contributed by atoms with Crippen LogP contribution < -0.4 is 10.6 Å². The molecule has 0 fully saturated rings. The van der Waals surface area contributed by atoms with E-state index >= 15 is 0 Å². The van der Waals surface area contributed by atoms with Crippen molar-refractivity contribution < 1.29 is 14.4 Å². The first-order valence-corrected chi connectivity index (χ1v) is 14.7. The van der Waals surface area contributed by atoms with Gasteiger partial charge in [0, 0.05) is 46.9 Å². The molecule has 0 aliphatic heterocycles. The fraction of sp³-hybridized carbons (Fsp3) is 0.312. The molecule has 3 N–H and O–H groups in total. The van der Waals surface area contributed by atoms with E-state index in [9.17, 15) is 14.4 Å². The average Bonchev–Trinajstić information content (AvgIpc) is 3.34. The predicted octanol–water partition coefficient (Wildman–Crippen LogP) is 5.71. The van der Waals surface area contributed by atoms with Crippen molar-refractivity contribution in [2.45, 2.75) is 56.4 Å². The van der Waals surface area contributed by atoms with Crippen LogP contribution in [-0.2, 0) is 20.8 Å². The SMILES string of the molecule is CC(=O)CCCCC[C@H](NC(=O)CSc1ccncc1)C(=O)NCCc1c(-c2ccccc2)[nH]c2ccccc12. The maximum Gasteiger partial charge on any atom is 0.242 e. The Bertz CT molecular complexity index is 1410. The average molecular weight is 557 g/mol. The molecule has 2 aromatic heterocycles. The molecule has 0 unspecified atom stereocenters. The topological polar surface area (TPSA) is 104 Å². The van der Waals surface area contributed by atoms with E-state index in [4.69, 9.17) is 0 Å². The number of hydrogen-bond acceptors (Lipinski definition) is 5. The number of carbonyl (C=O) groups is 3. The minimum atomic E-state index is -0.626. The first kappa shape index (κ1) is 29.1. The van der Waals surface area contributed by atoms with Gasteiger partial charge in [-0.3, -0.25) is 14.6 Å². The Morgan fingerprint density at radius 1 is 0.925 bits per heavy atom. The number of unbranched alkanes of at least 4 members (excludes halogenated alkanes) is 2. The van der Waals surface area contributed by atoms with Crippen molar-refractivity contribution in [1.82, 2.24) is 20.6 Å². The highest BCUT2D eigenvalue weighted by Gasteiger charge is 2.21. The van der Waals surface area contributed by atoms with Gasteiger partial charge >= 0.3 is 0 Å². The van der Waals surface area contributed by atoms with Gasteiger partial charge in [0.05, 0.1) is 5.75 Å². The number of hydrogen-bond donors (Lipinski definition) is 3. The third-order valence-electron chi connectivity index (χ3n) is 6.74. The van der Waals surface area contributed by atoms with Gasteiger partial charge in [-0.1, -0.05) is 61.4 Å². The van der Waals surface area contributed by atoms with Gasteiger partial charge in [0.15, 0.2) is 0 Å². The molecule has 2 aromatic carbocycles. The minimum absolute atomic E-state index is 0.169. The molecule has 8 heteroatoms. The number of pyridine rings is 1. The molecule has 7 nitrogen and oxygen atoms in total. The highest BCUT2D eigenvalue weighted by atomic mass is 32.2. The van der Waals surface area contributed by atoms with E-state index in [1.54, 1.807) is 19.3 Å². The number of benzene rings is 2. The molecule has 0 bridgehead atoms. The van der Waals surface area contributed by atoms with Crippen molar-refractivity contribution in [3.8, 4) is 11.3 Å². The minimum Gasteiger partial charge on any atom is -0.354 e. The number of amides is 2. The maximum atomic E-state index is 13.3. The highest BCUT2D eigenvalue weighted by Crippen LogP contribution is 2.30. The van der Waals surface area contributed by atoms with Crippen LogP contribution in [0.15, 0.2) is 84.0 Å². The second kappa shape index (κ2) is 15.0. The second-order valence-corrected chi connectivity index (χ2v) is 10.9. The van der Waals surface area contributed by atoms with E-state index in [1.165, 1.54) is 11.8 Å². The molecule has 0 radical (unpaired) electrons. The van der Waals surface area contributed by atoms with Crippen molar-refractivity contribution >= 4 is 40.3 Å². The Labute approximate surface area is 239 Å². The summed E-state index contributed by atoms with van der Waals surface area (Å²) < 4.78 is 0. The number of fused-ring (bicyclic) bond motifs is 1. The zero-order valence-electron chi connectivity index (χ0n) is 22.8.